The van der Waals surface area contributed by atoms with Crippen molar-refractivity contribution in [3.05, 3.63) is 103 Å². The summed E-state index contributed by atoms with van der Waals surface area (Å²) in [4.78, 5) is 65.9. The number of benzene rings is 2. The van der Waals surface area contributed by atoms with Gasteiger partial charge in [-0.2, -0.15) is 10.2 Å². The molecule has 2 aliphatic carbocycles. The fraction of sp³-hybridized carbons (Fsp3) is 0.133. The number of hydrazone groups is 2. The average molecular weight is 743 g/mol. The summed E-state index contributed by atoms with van der Waals surface area (Å²) in [6.07, 6.45) is 6.30. The van der Waals surface area contributed by atoms with E-state index in [0.717, 1.165) is 47.6 Å². The van der Waals surface area contributed by atoms with E-state index in [-0.39, 0.29) is 115 Å². The number of aromatic hydroxyl groups is 2. The number of allylic oxidation sites excluding steroid dienone is 6. The van der Waals surface area contributed by atoms with E-state index >= 15 is 0 Å². The van der Waals surface area contributed by atoms with E-state index in [1.165, 1.54) is 13.8 Å². The molecule has 6 N–H and O–H groups in total. The third kappa shape index (κ3) is 11.9. The van der Waals surface area contributed by atoms with Crippen LogP contribution in [0, 0.1) is 34.1 Å². The minimum atomic E-state index is -0.641. The van der Waals surface area contributed by atoms with Gasteiger partial charge in [0.05, 0.1) is 21.2 Å². The maximum atomic E-state index is 11.7. The van der Waals surface area contributed by atoms with Crippen molar-refractivity contribution in [3.8, 4) is 11.5 Å². The summed E-state index contributed by atoms with van der Waals surface area (Å²) >= 11 is 0. The summed E-state index contributed by atoms with van der Waals surface area (Å²) in [7, 11) is 0. The number of carbonyl (C=O) groups is 4. The van der Waals surface area contributed by atoms with Crippen LogP contribution in [0.2, 0.25) is 0 Å². The molecule has 257 valence electrons. The van der Waals surface area contributed by atoms with Gasteiger partial charge in [-0.05, 0) is 61.4 Å². The molecular weight excluding hydrogens is 714 g/mol. The van der Waals surface area contributed by atoms with Crippen LogP contribution in [-0.4, -0.2) is 54.9 Å². The SMILES string of the molecule is CC(=O)Nc1cc(C)cc(N/N=C2/C=C([N+](=O)[O-])C=CC2=O)c1O.CC(=O)Nc1cc(C)cc(N/N=C2/C=C([N+](=O)[O-])C=CC2=O)c1O.[Co].[Na+]. The number of hydrogen-bond acceptors (Lipinski definition) is 14. The first-order valence-electron chi connectivity index (χ1n) is 13.6. The molecule has 20 heteroatoms. The number of aryl methyl sites for hydroxylation is 2. The molecule has 0 heterocycles. The van der Waals surface area contributed by atoms with Gasteiger partial charge in [-0.1, -0.05) is 0 Å². The maximum absolute atomic E-state index is 11.7. The van der Waals surface area contributed by atoms with E-state index in [2.05, 4.69) is 31.7 Å². The molecule has 2 aromatic rings. The Morgan fingerprint density at radius 1 is 0.660 bits per heavy atom. The summed E-state index contributed by atoms with van der Waals surface area (Å²) in [6.45, 7) is 6.07. The minimum Gasteiger partial charge on any atom is -0.504 e. The van der Waals surface area contributed by atoms with Crippen molar-refractivity contribution in [3.63, 3.8) is 0 Å². The number of hydrogen-bond donors (Lipinski definition) is 6. The number of amides is 2. The fourth-order valence-corrected chi connectivity index (χ4v) is 3.95. The van der Waals surface area contributed by atoms with Gasteiger partial charge in [0.1, 0.15) is 22.8 Å². The monoisotopic (exact) mass is 742 g/mol. The van der Waals surface area contributed by atoms with Crippen LogP contribution in [0.4, 0.5) is 22.7 Å². The number of nitrogens with one attached hydrogen (secondary N) is 4. The van der Waals surface area contributed by atoms with Gasteiger partial charge in [0.15, 0.2) is 11.5 Å². The fourth-order valence-electron chi connectivity index (χ4n) is 3.95. The number of nitrogens with zero attached hydrogens (tertiary/aromatic N) is 4. The van der Waals surface area contributed by atoms with Crippen molar-refractivity contribution in [1.29, 1.82) is 0 Å². The second-order valence-corrected chi connectivity index (χ2v) is 10.0. The molecule has 2 aliphatic rings. The summed E-state index contributed by atoms with van der Waals surface area (Å²) in [5.41, 5.74) is 6.17. The van der Waals surface area contributed by atoms with Crippen LogP contribution in [0.15, 0.2) is 82.3 Å². The van der Waals surface area contributed by atoms with E-state index in [4.69, 9.17) is 0 Å². The van der Waals surface area contributed by atoms with E-state index in [0.29, 0.717) is 0 Å². The van der Waals surface area contributed by atoms with Gasteiger partial charge in [0.25, 0.3) is 11.4 Å². The number of anilines is 4. The van der Waals surface area contributed by atoms with Gasteiger partial charge in [-0.25, -0.2) is 0 Å². The first kappa shape index (κ1) is 42.5. The van der Waals surface area contributed by atoms with E-state index in [9.17, 15) is 49.6 Å². The molecule has 2 aromatic carbocycles. The predicted molar refractivity (Wildman–Crippen MR) is 175 cm³/mol. The van der Waals surface area contributed by atoms with Gasteiger partial charge in [-0.15, -0.1) is 0 Å². The molecule has 4 rings (SSSR count). The molecule has 0 fully saturated rings. The standard InChI is InChI=1S/2C15H14N4O5.Co.Na/c2*1-8-5-12(16-9(2)20)15(22)13(6-8)18-17-11-7-10(19(23)24)3-4-14(11)21;;/h2*3-7,18,22H,1-2H3,(H,16,20);;/q;;;+1/b2*17-11-;;. The Hall–Kier alpha value is -5.47. The average Bonchev–Trinajstić information content (AvgIpc) is 2.99. The molecule has 0 aromatic heterocycles. The Labute approximate surface area is 315 Å². The molecule has 0 bridgehead atoms. The number of rotatable bonds is 8. The first-order chi connectivity index (χ1) is 22.5. The van der Waals surface area contributed by atoms with Crippen molar-refractivity contribution < 1.29 is 85.6 Å². The van der Waals surface area contributed by atoms with E-state index in [1.807, 2.05) is 0 Å². The molecule has 0 atom stereocenters. The Balaban J connectivity index is 0.000000481. The Kier molecular flexibility index (Phi) is 16.1. The van der Waals surface area contributed by atoms with Crippen LogP contribution in [0.3, 0.4) is 0 Å². The Morgan fingerprint density at radius 3 is 1.28 bits per heavy atom. The maximum Gasteiger partial charge on any atom is 1.00 e. The smallest absolute Gasteiger partial charge is 0.504 e. The topological polar surface area (TPSA) is 268 Å². The van der Waals surface area contributed by atoms with Crippen LogP contribution < -0.4 is 51.0 Å². The molecular formula is C30H28CoN8NaO10+. The van der Waals surface area contributed by atoms with Gasteiger partial charge in [0.2, 0.25) is 23.4 Å². The molecule has 0 aliphatic heterocycles. The van der Waals surface area contributed by atoms with Crippen molar-refractivity contribution in [2.75, 3.05) is 21.5 Å². The molecule has 0 unspecified atom stereocenters. The largest absolute Gasteiger partial charge is 1.00 e. The van der Waals surface area contributed by atoms with Crippen LogP contribution >= 0.6 is 0 Å². The summed E-state index contributed by atoms with van der Waals surface area (Å²) in [5.74, 6) is -2.28. The van der Waals surface area contributed by atoms with Gasteiger partial charge >= 0.3 is 29.6 Å². The third-order valence-electron chi connectivity index (χ3n) is 6.03. The van der Waals surface area contributed by atoms with Gasteiger partial charge in [0, 0.05) is 54.9 Å². The molecule has 50 heavy (non-hydrogen) atoms. The molecule has 2 amide bonds. The number of phenols is 2. The number of phenolic OH excluding ortho intramolecular Hbond substituents is 2. The van der Waals surface area contributed by atoms with E-state index < -0.39 is 21.4 Å². The molecule has 18 nitrogen and oxygen atoms in total. The molecule has 0 saturated carbocycles. The van der Waals surface area contributed by atoms with Crippen molar-refractivity contribution >= 4 is 57.6 Å². The van der Waals surface area contributed by atoms with Crippen LogP contribution in [0.5, 0.6) is 11.5 Å². The molecule has 0 saturated heterocycles. The minimum absolute atomic E-state index is 0. The van der Waals surface area contributed by atoms with Crippen LogP contribution in [0.1, 0.15) is 25.0 Å². The second kappa shape index (κ2) is 18.9. The van der Waals surface area contributed by atoms with Crippen molar-refractivity contribution in [1.82, 2.24) is 0 Å². The quantitative estimate of drug-likeness (QED) is 0.0708. The molecule has 0 spiro atoms. The van der Waals surface area contributed by atoms with Crippen molar-refractivity contribution in [2.45, 2.75) is 27.7 Å². The zero-order valence-corrected chi connectivity index (χ0v) is 30.1. The number of ketones is 2. The van der Waals surface area contributed by atoms with Crippen LogP contribution in [-0.2, 0) is 36.0 Å². The third-order valence-corrected chi connectivity index (χ3v) is 6.03. The summed E-state index contributed by atoms with van der Waals surface area (Å²) < 4.78 is 0. The Morgan fingerprint density at radius 2 is 0.980 bits per heavy atom. The zero-order chi connectivity index (χ0) is 35.7. The van der Waals surface area contributed by atoms with E-state index in [1.54, 1.807) is 38.1 Å². The Bertz CT molecular complexity index is 1800. The van der Waals surface area contributed by atoms with Crippen LogP contribution in [0.25, 0.3) is 0 Å². The second-order valence-electron chi connectivity index (χ2n) is 10.0. The van der Waals surface area contributed by atoms with Gasteiger partial charge in [-0.3, -0.25) is 50.3 Å². The number of carbonyl (C=O) groups excluding carboxylic acids is 4. The predicted octanol–water partition coefficient (Wildman–Crippen LogP) is 0.454. The summed E-state index contributed by atoms with van der Waals surface area (Å²) in [6, 6.07) is 6.22. The van der Waals surface area contributed by atoms with Crippen molar-refractivity contribution in [2.24, 2.45) is 10.2 Å². The number of nitro groups is 2. The summed E-state index contributed by atoms with van der Waals surface area (Å²) in [5, 5.41) is 54.3. The normalized spacial score (nSPS) is 14.6. The zero-order valence-electron chi connectivity index (χ0n) is 27.1. The first-order valence-corrected chi connectivity index (χ1v) is 13.6. The van der Waals surface area contributed by atoms with Gasteiger partial charge < -0.3 is 20.8 Å². The molecule has 1 radical (unpaired) electrons.